The largest absolute Gasteiger partial charge is 0.472 e. The van der Waals surface area contributed by atoms with Gasteiger partial charge in [-0.15, -0.1) is 0 Å². The van der Waals surface area contributed by atoms with E-state index < -0.39 is 23.2 Å². The van der Waals surface area contributed by atoms with Gasteiger partial charge < -0.3 is 14.3 Å². The lowest BCUT2D eigenvalue weighted by atomic mass is 10.0. The standard InChI is InChI=1S/C22H18ClFN3O5/c1-25-18-16(21(29)26(2)22(25)30)17(11-4-3-5-12(24)8-11)27-9-13(10-28)31-20(19(18)27)14-6-7-15(23)32-14/h3-8,13,28H,9-10H2,1-2H3/q+1/t13-/m1/s1. The average Bonchev–Trinajstić information content (AvgIpc) is 3.37. The molecule has 2 aliphatic rings. The fraction of sp³-hybridized carbons (Fsp3) is 0.227. The number of hydrogen-bond acceptors (Lipinski definition) is 5. The Morgan fingerprint density at radius 2 is 2.00 bits per heavy atom. The fourth-order valence-corrected chi connectivity index (χ4v) is 4.37. The van der Waals surface area contributed by atoms with E-state index in [1.165, 1.54) is 29.8 Å². The van der Waals surface area contributed by atoms with Gasteiger partial charge in [0.05, 0.1) is 12.2 Å². The molecule has 0 saturated heterocycles. The van der Waals surface area contributed by atoms with Crippen LogP contribution in [0.25, 0.3) is 11.5 Å². The molecule has 4 heterocycles. The molecular formula is C22H18ClFN3O5+. The van der Waals surface area contributed by atoms with Crippen molar-refractivity contribution < 1.29 is 23.2 Å². The number of ether oxygens (including phenoxy) is 1. The van der Waals surface area contributed by atoms with E-state index in [1.807, 2.05) is 0 Å². The van der Waals surface area contributed by atoms with Crippen LogP contribution in [0.15, 0.2) is 50.4 Å². The van der Waals surface area contributed by atoms with E-state index in [0.717, 1.165) is 4.57 Å². The van der Waals surface area contributed by atoms with Crippen molar-refractivity contribution in [3.8, 4) is 0 Å². The van der Waals surface area contributed by atoms with Gasteiger partial charge >= 0.3 is 5.69 Å². The van der Waals surface area contributed by atoms with Crippen molar-refractivity contribution in [2.45, 2.75) is 6.10 Å². The second kappa shape index (κ2) is 7.32. The summed E-state index contributed by atoms with van der Waals surface area (Å²) in [6.07, 6.45) is -0.670. The molecule has 8 nitrogen and oxygen atoms in total. The molecule has 10 heteroatoms. The second-order valence-corrected chi connectivity index (χ2v) is 7.98. The number of aromatic nitrogens is 2. The molecule has 1 atom stereocenters. The van der Waals surface area contributed by atoms with Crippen molar-refractivity contribution >= 4 is 28.8 Å². The molecule has 0 amide bonds. The molecule has 2 aliphatic heterocycles. The number of aliphatic hydroxyl groups is 1. The maximum atomic E-state index is 14.2. The monoisotopic (exact) mass is 458 g/mol. The van der Waals surface area contributed by atoms with Crippen LogP contribution in [0.2, 0.25) is 5.22 Å². The molecule has 0 saturated carbocycles. The first-order valence-electron chi connectivity index (χ1n) is 9.80. The number of hydrogen-bond donors (Lipinski definition) is 1. The summed E-state index contributed by atoms with van der Waals surface area (Å²) in [5, 5.41) is 10.00. The van der Waals surface area contributed by atoms with E-state index in [0.29, 0.717) is 22.7 Å². The SMILES string of the molecule is Cn1c2c(c(=O)n(C)c1=O)C(c1cccc(F)c1)=[N+]1C[C@H](CO)OC(c3ccc(Cl)o3)=C21. The Balaban J connectivity index is 1.97. The summed E-state index contributed by atoms with van der Waals surface area (Å²) in [6.45, 7) is -0.146. The van der Waals surface area contributed by atoms with Crippen LogP contribution in [-0.2, 0) is 18.8 Å². The molecule has 2 aromatic heterocycles. The number of furan rings is 1. The van der Waals surface area contributed by atoms with Gasteiger partial charge in [0.25, 0.3) is 11.3 Å². The molecule has 3 aromatic rings. The van der Waals surface area contributed by atoms with Crippen LogP contribution in [-0.4, -0.2) is 43.8 Å². The first-order chi connectivity index (χ1) is 15.3. The van der Waals surface area contributed by atoms with E-state index >= 15 is 0 Å². The van der Waals surface area contributed by atoms with E-state index in [-0.39, 0.29) is 35.5 Å². The van der Waals surface area contributed by atoms with Gasteiger partial charge in [-0.25, -0.2) is 9.18 Å². The Bertz CT molecular complexity index is 1460. The van der Waals surface area contributed by atoms with Crippen LogP contribution in [0.1, 0.15) is 22.6 Å². The Hall–Kier alpha value is -3.43. The fourth-order valence-electron chi connectivity index (χ4n) is 4.23. The van der Waals surface area contributed by atoms with Crippen molar-refractivity contribution in [1.82, 2.24) is 9.13 Å². The number of benzene rings is 1. The van der Waals surface area contributed by atoms with Crippen LogP contribution < -0.4 is 11.2 Å². The van der Waals surface area contributed by atoms with E-state index in [4.69, 9.17) is 20.8 Å². The van der Waals surface area contributed by atoms with Gasteiger partial charge in [-0.1, -0.05) is 6.07 Å². The minimum absolute atomic E-state index is 0.125. The topological polar surface area (TPSA) is 89.6 Å². The highest BCUT2D eigenvalue weighted by atomic mass is 35.5. The Labute approximate surface area is 185 Å². The van der Waals surface area contributed by atoms with Gasteiger partial charge in [0.1, 0.15) is 17.1 Å². The number of aliphatic hydroxyl groups excluding tert-OH is 1. The summed E-state index contributed by atoms with van der Waals surface area (Å²) in [7, 11) is 2.94. The molecule has 1 aromatic carbocycles. The maximum Gasteiger partial charge on any atom is 0.331 e. The zero-order valence-corrected chi connectivity index (χ0v) is 17.9. The average molecular weight is 459 g/mol. The van der Waals surface area contributed by atoms with Crippen molar-refractivity contribution in [2.24, 2.45) is 14.1 Å². The van der Waals surface area contributed by atoms with E-state index in [1.54, 1.807) is 29.8 Å². The molecule has 0 bridgehead atoms. The van der Waals surface area contributed by atoms with Crippen molar-refractivity contribution in [1.29, 1.82) is 0 Å². The molecular weight excluding hydrogens is 441 g/mol. The van der Waals surface area contributed by atoms with Gasteiger partial charge in [0.15, 0.2) is 23.6 Å². The quantitative estimate of drug-likeness (QED) is 0.601. The van der Waals surface area contributed by atoms with Gasteiger partial charge in [-0.2, -0.15) is 4.58 Å². The number of nitrogens with zero attached hydrogens (tertiary/aromatic N) is 3. The first-order valence-corrected chi connectivity index (χ1v) is 10.2. The van der Waals surface area contributed by atoms with Gasteiger partial charge in [-0.05, 0) is 41.9 Å². The summed E-state index contributed by atoms with van der Waals surface area (Å²) >= 11 is 5.97. The summed E-state index contributed by atoms with van der Waals surface area (Å²) in [5.74, 6) is 0.0199. The summed E-state index contributed by atoms with van der Waals surface area (Å²) < 4.78 is 29.8. The minimum atomic E-state index is -0.670. The molecule has 5 rings (SSSR count). The lowest BCUT2D eigenvalue weighted by molar-refractivity contribution is -0.449. The Morgan fingerprint density at radius 1 is 1.22 bits per heavy atom. The highest BCUT2D eigenvalue weighted by molar-refractivity contribution is 6.29. The molecule has 0 spiro atoms. The smallest absolute Gasteiger partial charge is 0.331 e. The minimum Gasteiger partial charge on any atom is -0.472 e. The number of halogens is 2. The normalized spacial score (nSPS) is 17.5. The van der Waals surface area contributed by atoms with Crippen LogP contribution in [0, 0.1) is 5.82 Å². The second-order valence-electron chi connectivity index (χ2n) is 7.60. The highest BCUT2D eigenvalue weighted by Gasteiger charge is 2.48. The molecule has 0 fully saturated rings. The summed E-state index contributed by atoms with van der Waals surface area (Å²) in [6, 6.07) is 8.99. The highest BCUT2D eigenvalue weighted by Crippen LogP contribution is 2.39. The van der Waals surface area contributed by atoms with Crippen molar-refractivity contribution in [3.63, 3.8) is 0 Å². The summed E-state index contributed by atoms with van der Waals surface area (Å²) in [4.78, 5) is 26.1. The predicted molar refractivity (Wildman–Crippen MR) is 114 cm³/mol. The molecule has 164 valence electrons. The van der Waals surface area contributed by atoms with Crippen LogP contribution in [0.3, 0.4) is 0 Å². The van der Waals surface area contributed by atoms with Gasteiger partial charge in [0.2, 0.25) is 11.5 Å². The van der Waals surface area contributed by atoms with E-state index in [2.05, 4.69) is 0 Å². The molecule has 1 N–H and O–H groups in total. The third-order valence-electron chi connectivity index (χ3n) is 5.65. The van der Waals surface area contributed by atoms with Crippen LogP contribution in [0.4, 0.5) is 4.39 Å². The lowest BCUT2D eigenvalue weighted by Crippen LogP contribution is -2.41. The Kier molecular flexibility index (Phi) is 4.68. The number of rotatable bonds is 3. The van der Waals surface area contributed by atoms with E-state index in [9.17, 15) is 19.1 Å². The molecule has 0 aliphatic carbocycles. The zero-order valence-electron chi connectivity index (χ0n) is 17.1. The lowest BCUT2D eigenvalue weighted by Gasteiger charge is -2.23. The summed E-state index contributed by atoms with van der Waals surface area (Å²) in [5.41, 5.74) is 0.774. The first kappa shape index (κ1) is 20.5. The van der Waals surface area contributed by atoms with Gasteiger partial charge in [0, 0.05) is 14.1 Å². The molecule has 0 unspecified atom stereocenters. The zero-order chi connectivity index (χ0) is 22.7. The number of fused-ring (bicyclic) bond motifs is 3. The van der Waals surface area contributed by atoms with Crippen LogP contribution >= 0.6 is 11.6 Å². The van der Waals surface area contributed by atoms with Crippen LogP contribution in [0.5, 0.6) is 0 Å². The molecule has 32 heavy (non-hydrogen) atoms. The van der Waals surface area contributed by atoms with Gasteiger partial charge in [-0.3, -0.25) is 13.9 Å². The van der Waals surface area contributed by atoms with Crippen molar-refractivity contribution in [2.75, 3.05) is 13.2 Å². The maximum absolute atomic E-state index is 14.2. The van der Waals surface area contributed by atoms with Crippen molar-refractivity contribution in [3.05, 3.63) is 90.9 Å². The third-order valence-corrected chi connectivity index (χ3v) is 5.85. The third kappa shape index (κ3) is 2.89. The predicted octanol–water partition coefficient (Wildman–Crippen LogP) is 1.55. The molecule has 0 radical (unpaired) electrons. The Morgan fingerprint density at radius 3 is 2.66 bits per heavy atom.